The quantitative estimate of drug-likeness (QED) is 0.631. The monoisotopic (exact) mass is 286 g/mol. The fraction of sp³-hybridized carbons (Fsp3) is 0.333. The smallest absolute Gasteiger partial charge is 0.335 e. The molecule has 104 valence electrons. The number of aromatic carboxylic acids is 1. The lowest BCUT2D eigenvalue weighted by Gasteiger charge is -2.18. The van der Waals surface area contributed by atoms with Gasteiger partial charge in [0.25, 0.3) is 0 Å². The van der Waals surface area contributed by atoms with Gasteiger partial charge in [-0.3, -0.25) is 4.79 Å². The minimum Gasteiger partial charge on any atom is -0.508 e. The Morgan fingerprint density at radius 2 is 1.95 bits per heavy atom. The van der Waals surface area contributed by atoms with Gasteiger partial charge in [-0.25, -0.2) is 4.79 Å². The first kappa shape index (κ1) is 15.5. The van der Waals surface area contributed by atoms with E-state index in [0.29, 0.717) is 0 Å². The van der Waals surface area contributed by atoms with Gasteiger partial charge >= 0.3 is 5.97 Å². The predicted molar refractivity (Wildman–Crippen MR) is 69.2 cm³/mol. The minimum absolute atomic E-state index is 0.0484. The minimum atomic E-state index is -1.47. The maximum atomic E-state index is 10.8. The number of hydrogen-bond donors (Lipinski definition) is 4. The molecule has 0 radical (unpaired) electrons. The Morgan fingerprint density at radius 1 is 1.32 bits per heavy atom. The number of benzene rings is 1. The number of aliphatic hydroxyl groups is 2. The van der Waals surface area contributed by atoms with Crippen LogP contribution in [0, 0.1) is 0 Å². The normalized spacial score (nSPS) is 13.8. The first-order chi connectivity index (χ1) is 8.82. The summed E-state index contributed by atoms with van der Waals surface area (Å²) >= 11 is 0.832. The van der Waals surface area contributed by atoms with Gasteiger partial charge in [0, 0.05) is 18.2 Å². The summed E-state index contributed by atoms with van der Waals surface area (Å²) in [7, 11) is 0. The molecule has 7 heteroatoms. The SMILES string of the molecule is CC(=O)SCC(O)C(O)c1cc(C(=O)O)ccc1O. The molecule has 2 atom stereocenters. The van der Waals surface area contributed by atoms with Crippen molar-refractivity contribution >= 4 is 22.8 Å². The molecule has 0 heterocycles. The number of phenolic OH excluding ortho intramolecular Hbond substituents is 1. The Hall–Kier alpha value is -1.57. The van der Waals surface area contributed by atoms with Gasteiger partial charge in [0.2, 0.25) is 0 Å². The number of hydrogen-bond acceptors (Lipinski definition) is 6. The summed E-state index contributed by atoms with van der Waals surface area (Å²) in [5.74, 6) is -1.57. The van der Waals surface area contributed by atoms with Crippen molar-refractivity contribution < 1.29 is 30.0 Å². The van der Waals surface area contributed by atoms with Gasteiger partial charge in [-0.1, -0.05) is 11.8 Å². The molecule has 6 nitrogen and oxygen atoms in total. The topological polar surface area (TPSA) is 115 Å². The van der Waals surface area contributed by atoms with Crippen molar-refractivity contribution in [3.63, 3.8) is 0 Å². The number of carboxylic acid groups (broad SMARTS) is 1. The van der Waals surface area contributed by atoms with Crippen LogP contribution in [0.4, 0.5) is 0 Å². The zero-order valence-corrected chi connectivity index (χ0v) is 10.9. The number of rotatable bonds is 5. The van der Waals surface area contributed by atoms with Crippen molar-refractivity contribution in [2.24, 2.45) is 0 Å². The standard InChI is InChI=1S/C12H14O6S/c1-6(13)19-5-10(15)11(16)8-4-7(12(17)18)2-3-9(8)14/h2-4,10-11,14-16H,5H2,1H3,(H,17,18). The van der Waals surface area contributed by atoms with E-state index >= 15 is 0 Å². The fourth-order valence-corrected chi connectivity index (χ4v) is 2.01. The van der Waals surface area contributed by atoms with Crippen molar-refractivity contribution in [1.29, 1.82) is 0 Å². The third-order valence-electron chi connectivity index (χ3n) is 2.41. The molecule has 0 saturated carbocycles. The van der Waals surface area contributed by atoms with E-state index in [2.05, 4.69) is 0 Å². The summed E-state index contributed by atoms with van der Waals surface area (Å²) in [6.45, 7) is 1.33. The third kappa shape index (κ3) is 4.23. The Bertz CT molecular complexity index is 487. The highest BCUT2D eigenvalue weighted by molar-refractivity contribution is 8.13. The second kappa shape index (κ2) is 6.55. The summed E-state index contributed by atoms with van der Waals surface area (Å²) < 4.78 is 0. The van der Waals surface area contributed by atoms with E-state index in [4.69, 9.17) is 5.11 Å². The van der Waals surface area contributed by atoms with Crippen LogP contribution in [-0.2, 0) is 4.79 Å². The maximum Gasteiger partial charge on any atom is 0.335 e. The molecule has 0 saturated heterocycles. The van der Waals surface area contributed by atoms with Gasteiger partial charge in [-0.05, 0) is 18.2 Å². The highest BCUT2D eigenvalue weighted by Gasteiger charge is 2.23. The molecule has 2 unspecified atom stereocenters. The van der Waals surface area contributed by atoms with Crippen LogP contribution in [0.3, 0.4) is 0 Å². The zero-order valence-electron chi connectivity index (χ0n) is 10.1. The van der Waals surface area contributed by atoms with Gasteiger partial charge in [0.05, 0.1) is 11.7 Å². The predicted octanol–water partition coefficient (Wildman–Crippen LogP) is 0.764. The molecule has 1 aromatic rings. The summed E-state index contributed by atoms with van der Waals surface area (Å²) in [5, 5.41) is 37.7. The van der Waals surface area contributed by atoms with Crippen LogP contribution in [0.1, 0.15) is 28.9 Å². The zero-order chi connectivity index (χ0) is 14.6. The summed E-state index contributed by atoms with van der Waals surface area (Å²) in [6, 6.07) is 3.40. The number of aliphatic hydroxyl groups excluding tert-OH is 2. The molecule has 19 heavy (non-hydrogen) atoms. The largest absolute Gasteiger partial charge is 0.508 e. The van der Waals surface area contributed by atoms with E-state index < -0.39 is 18.2 Å². The number of carbonyl (C=O) groups is 2. The molecular weight excluding hydrogens is 272 g/mol. The number of carboxylic acids is 1. The molecule has 4 N–H and O–H groups in total. The summed E-state index contributed by atoms with van der Waals surface area (Å²) in [5.41, 5.74) is -0.199. The highest BCUT2D eigenvalue weighted by atomic mass is 32.2. The van der Waals surface area contributed by atoms with Crippen LogP contribution < -0.4 is 0 Å². The Morgan fingerprint density at radius 3 is 2.47 bits per heavy atom. The Kier molecular flexibility index (Phi) is 5.34. The molecule has 0 spiro atoms. The van der Waals surface area contributed by atoms with Crippen LogP contribution in [0.2, 0.25) is 0 Å². The molecule has 0 aromatic heterocycles. The average Bonchev–Trinajstić information content (AvgIpc) is 2.35. The van der Waals surface area contributed by atoms with Gasteiger partial charge in [0.1, 0.15) is 11.9 Å². The maximum absolute atomic E-state index is 10.8. The van der Waals surface area contributed by atoms with E-state index in [1.54, 1.807) is 0 Å². The second-order valence-electron chi connectivity index (χ2n) is 3.89. The lowest BCUT2D eigenvalue weighted by molar-refractivity contribution is -0.109. The average molecular weight is 286 g/mol. The van der Waals surface area contributed by atoms with Gasteiger partial charge in [0.15, 0.2) is 5.12 Å². The molecule has 0 aliphatic heterocycles. The van der Waals surface area contributed by atoms with Gasteiger partial charge < -0.3 is 20.4 Å². The summed E-state index contributed by atoms with van der Waals surface area (Å²) in [6.07, 6.45) is -2.75. The van der Waals surface area contributed by atoms with Crippen LogP contribution in [0.25, 0.3) is 0 Å². The van der Waals surface area contributed by atoms with Crippen LogP contribution in [0.15, 0.2) is 18.2 Å². The lowest BCUT2D eigenvalue weighted by Crippen LogP contribution is -2.21. The van der Waals surface area contributed by atoms with E-state index in [0.717, 1.165) is 23.9 Å². The Balaban J connectivity index is 2.91. The van der Waals surface area contributed by atoms with Crippen LogP contribution >= 0.6 is 11.8 Å². The lowest BCUT2D eigenvalue weighted by atomic mass is 10.0. The third-order valence-corrected chi connectivity index (χ3v) is 3.33. The van der Waals surface area contributed by atoms with E-state index in [1.807, 2.05) is 0 Å². The Labute approximate surface area is 113 Å². The summed E-state index contributed by atoms with van der Waals surface area (Å²) in [4.78, 5) is 21.6. The highest BCUT2D eigenvalue weighted by Crippen LogP contribution is 2.28. The van der Waals surface area contributed by atoms with Gasteiger partial charge in [-0.15, -0.1) is 0 Å². The van der Waals surface area contributed by atoms with Crippen molar-refractivity contribution in [1.82, 2.24) is 0 Å². The molecule has 0 aliphatic rings. The second-order valence-corrected chi connectivity index (χ2v) is 5.09. The molecular formula is C12H14O6S. The number of aromatic hydroxyl groups is 1. The number of phenols is 1. The first-order valence-corrected chi connectivity index (χ1v) is 6.37. The van der Waals surface area contributed by atoms with Crippen molar-refractivity contribution in [3.05, 3.63) is 29.3 Å². The molecule has 0 amide bonds. The molecule has 0 bridgehead atoms. The molecule has 0 aliphatic carbocycles. The van der Waals surface area contributed by atoms with Crippen LogP contribution in [-0.4, -0.2) is 43.4 Å². The van der Waals surface area contributed by atoms with Crippen molar-refractivity contribution in [3.8, 4) is 5.75 Å². The van der Waals surface area contributed by atoms with Crippen molar-refractivity contribution in [2.45, 2.75) is 19.1 Å². The van der Waals surface area contributed by atoms with Crippen LogP contribution in [0.5, 0.6) is 5.75 Å². The van der Waals surface area contributed by atoms with Gasteiger partial charge in [-0.2, -0.15) is 0 Å². The number of thioether (sulfide) groups is 1. The number of carbonyl (C=O) groups excluding carboxylic acids is 1. The fourth-order valence-electron chi connectivity index (χ4n) is 1.43. The van der Waals surface area contributed by atoms with Crippen molar-refractivity contribution in [2.75, 3.05) is 5.75 Å². The molecule has 0 fully saturated rings. The van der Waals surface area contributed by atoms with E-state index in [1.165, 1.54) is 13.0 Å². The molecule has 1 rings (SSSR count). The first-order valence-electron chi connectivity index (χ1n) is 5.38. The van der Waals surface area contributed by atoms with E-state index in [-0.39, 0.29) is 27.7 Å². The van der Waals surface area contributed by atoms with E-state index in [9.17, 15) is 24.9 Å². The molecule has 1 aromatic carbocycles.